The van der Waals surface area contributed by atoms with Crippen LogP contribution >= 0.6 is 0 Å². The van der Waals surface area contributed by atoms with Crippen molar-refractivity contribution >= 4 is 23.2 Å². The van der Waals surface area contributed by atoms with Crippen molar-refractivity contribution in [3.05, 3.63) is 35.9 Å². The number of aromatic amines is 1. The van der Waals surface area contributed by atoms with Crippen LogP contribution in [0.15, 0.2) is 24.4 Å². The molecule has 1 saturated carbocycles. The van der Waals surface area contributed by atoms with Crippen molar-refractivity contribution in [2.75, 3.05) is 18.4 Å². The molecule has 3 aromatic rings. The zero-order valence-electron chi connectivity index (χ0n) is 16.9. The molecule has 8 heteroatoms. The van der Waals surface area contributed by atoms with Crippen LogP contribution in [0.25, 0.3) is 5.65 Å². The number of fused-ring (bicyclic) bond motifs is 1. The summed E-state index contributed by atoms with van der Waals surface area (Å²) in [5, 5.41) is 19.7. The SMILES string of the molecule is CC[C@@H](C(=N)N1CCCCC1)c1nc(Nc2cc(C3CC3)[nH]n2)n2cccc2n1. The van der Waals surface area contributed by atoms with Crippen molar-refractivity contribution in [3.63, 3.8) is 0 Å². The van der Waals surface area contributed by atoms with Gasteiger partial charge in [0.15, 0.2) is 5.82 Å². The summed E-state index contributed by atoms with van der Waals surface area (Å²) in [6, 6.07) is 6.02. The topological polar surface area (TPSA) is 98.0 Å². The number of hydrogen-bond donors (Lipinski definition) is 3. The third-order valence-corrected chi connectivity index (χ3v) is 6.01. The van der Waals surface area contributed by atoms with E-state index < -0.39 is 0 Å². The maximum Gasteiger partial charge on any atom is 0.216 e. The van der Waals surface area contributed by atoms with Gasteiger partial charge >= 0.3 is 0 Å². The second-order valence-corrected chi connectivity index (χ2v) is 8.14. The third-order valence-electron chi connectivity index (χ3n) is 6.01. The normalized spacial score (nSPS) is 18.2. The lowest BCUT2D eigenvalue weighted by Gasteiger charge is -2.32. The molecule has 0 amide bonds. The van der Waals surface area contributed by atoms with Gasteiger partial charge in [0.05, 0.1) is 5.92 Å². The van der Waals surface area contributed by atoms with E-state index in [0.29, 0.717) is 23.5 Å². The number of amidine groups is 1. The van der Waals surface area contributed by atoms with Gasteiger partial charge < -0.3 is 10.2 Å². The van der Waals surface area contributed by atoms with Gasteiger partial charge in [-0.3, -0.25) is 14.9 Å². The van der Waals surface area contributed by atoms with E-state index in [1.807, 2.05) is 22.7 Å². The highest BCUT2D eigenvalue weighted by Crippen LogP contribution is 2.39. The average Bonchev–Trinajstić information content (AvgIpc) is 3.30. The summed E-state index contributed by atoms with van der Waals surface area (Å²) in [4.78, 5) is 11.8. The summed E-state index contributed by atoms with van der Waals surface area (Å²) in [6.07, 6.45) is 8.80. The minimum absolute atomic E-state index is 0.102. The van der Waals surface area contributed by atoms with Crippen LogP contribution in [0.2, 0.25) is 0 Å². The molecule has 1 atom stereocenters. The van der Waals surface area contributed by atoms with Gasteiger partial charge in [0.2, 0.25) is 5.95 Å². The number of H-pyrrole nitrogens is 1. The maximum atomic E-state index is 8.80. The monoisotopic (exact) mass is 392 g/mol. The number of piperidine rings is 1. The van der Waals surface area contributed by atoms with Crippen molar-refractivity contribution < 1.29 is 0 Å². The molecule has 1 aliphatic heterocycles. The van der Waals surface area contributed by atoms with Gasteiger partial charge in [-0.05, 0) is 50.7 Å². The molecule has 29 heavy (non-hydrogen) atoms. The van der Waals surface area contributed by atoms with Gasteiger partial charge in [-0.15, -0.1) is 0 Å². The summed E-state index contributed by atoms with van der Waals surface area (Å²) in [7, 11) is 0. The van der Waals surface area contributed by atoms with E-state index in [4.69, 9.17) is 15.4 Å². The molecular formula is C21H28N8. The Hall–Kier alpha value is -2.90. The zero-order chi connectivity index (χ0) is 19.8. The van der Waals surface area contributed by atoms with Gasteiger partial charge in [-0.25, -0.2) is 4.98 Å². The number of rotatable bonds is 6. The molecule has 2 aliphatic rings. The van der Waals surface area contributed by atoms with Crippen LogP contribution in [-0.2, 0) is 0 Å². The molecular weight excluding hydrogens is 364 g/mol. The zero-order valence-corrected chi connectivity index (χ0v) is 16.9. The first-order valence-electron chi connectivity index (χ1n) is 10.7. The Morgan fingerprint density at radius 1 is 1.28 bits per heavy atom. The Bertz CT molecular complexity index is 1010. The minimum Gasteiger partial charge on any atom is -0.360 e. The molecule has 1 aliphatic carbocycles. The fourth-order valence-electron chi connectivity index (χ4n) is 4.16. The predicted molar refractivity (Wildman–Crippen MR) is 113 cm³/mol. The van der Waals surface area contributed by atoms with Crippen LogP contribution in [0, 0.1) is 5.41 Å². The second kappa shape index (κ2) is 7.50. The van der Waals surface area contributed by atoms with E-state index in [0.717, 1.165) is 43.8 Å². The Morgan fingerprint density at radius 3 is 2.86 bits per heavy atom. The Morgan fingerprint density at radius 2 is 2.10 bits per heavy atom. The first kappa shape index (κ1) is 18.1. The highest BCUT2D eigenvalue weighted by molar-refractivity contribution is 5.85. The summed E-state index contributed by atoms with van der Waals surface area (Å²) in [5.74, 6) is 3.33. The van der Waals surface area contributed by atoms with Crippen molar-refractivity contribution in [1.29, 1.82) is 5.41 Å². The van der Waals surface area contributed by atoms with E-state index >= 15 is 0 Å². The average molecular weight is 393 g/mol. The number of aromatic nitrogens is 5. The highest BCUT2D eigenvalue weighted by Gasteiger charge is 2.27. The van der Waals surface area contributed by atoms with Crippen LogP contribution in [-0.4, -0.2) is 48.4 Å². The lowest BCUT2D eigenvalue weighted by molar-refractivity contribution is 0.329. The van der Waals surface area contributed by atoms with Crippen molar-refractivity contribution in [1.82, 2.24) is 29.5 Å². The van der Waals surface area contributed by atoms with Gasteiger partial charge in [0.25, 0.3) is 0 Å². The van der Waals surface area contributed by atoms with E-state index in [9.17, 15) is 0 Å². The standard InChI is InChI=1S/C21H28N8/c1-2-15(19(22)28-10-4-3-5-11-28)20-24-18-7-6-12-29(18)21(25-20)23-17-13-16(26-27-17)14-8-9-14/h6-7,12-15,22H,2-5,8-11H2,1H3,(H2,23,24,25,26,27)/t15-/m0/s1. The molecule has 2 fully saturated rings. The second-order valence-electron chi connectivity index (χ2n) is 8.14. The molecule has 5 rings (SSSR count). The van der Waals surface area contributed by atoms with E-state index in [1.54, 1.807) is 0 Å². The Labute approximate surface area is 170 Å². The molecule has 0 spiro atoms. The molecule has 152 valence electrons. The van der Waals surface area contributed by atoms with E-state index in [1.165, 1.54) is 25.0 Å². The van der Waals surface area contributed by atoms with Gasteiger partial charge in [-0.2, -0.15) is 10.1 Å². The van der Waals surface area contributed by atoms with E-state index in [-0.39, 0.29) is 5.92 Å². The first-order valence-corrected chi connectivity index (χ1v) is 10.7. The van der Waals surface area contributed by atoms with Crippen LogP contribution in [0.3, 0.4) is 0 Å². The van der Waals surface area contributed by atoms with Crippen LogP contribution in [0.1, 0.15) is 68.8 Å². The number of hydrogen-bond acceptors (Lipinski definition) is 5. The molecule has 0 bridgehead atoms. The van der Waals surface area contributed by atoms with Gasteiger partial charge in [0.1, 0.15) is 17.3 Å². The lowest BCUT2D eigenvalue weighted by Crippen LogP contribution is -2.38. The number of nitrogens with one attached hydrogen (secondary N) is 3. The summed E-state index contributed by atoms with van der Waals surface area (Å²) in [5.41, 5.74) is 2.02. The smallest absolute Gasteiger partial charge is 0.216 e. The molecule has 8 nitrogen and oxygen atoms in total. The fraction of sp³-hybridized carbons (Fsp3) is 0.524. The van der Waals surface area contributed by atoms with Gasteiger partial charge in [0, 0.05) is 37.0 Å². The molecule has 0 radical (unpaired) electrons. The summed E-state index contributed by atoms with van der Waals surface area (Å²) < 4.78 is 1.94. The Balaban J connectivity index is 1.46. The largest absolute Gasteiger partial charge is 0.360 e. The molecule has 3 N–H and O–H groups in total. The predicted octanol–water partition coefficient (Wildman–Crippen LogP) is 4.03. The molecule has 1 saturated heterocycles. The van der Waals surface area contributed by atoms with Crippen LogP contribution < -0.4 is 5.32 Å². The summed E-state index contributed by atoms with van der Waals surface area (Å²) in [6.45, 7) is 4.04. The number of anilines is 2. The highest BCUT2D eigenvalue weighted by atomic mass is 15.3. The quantitative estimate of drug-likeness (QED) is 0.435. The van der Waals surface area contributed by atoms with Crippen LogP contribution in [0.4, 0.5) is 11.8 Å². The number of nitrogens with zero attached hydrogens (tertiary/aromatic N) is 5. The lowest BCUT2D eigenvalue weighted by atomic mass is 10.0. The van der Waals surface area contributed by atoms with Crippen molar-refractivity contribution in [2.24, 2.45) is 0 Å². The van der Waals surface area contributed by atoms with Crippen molar-refractivity contribution in [3.8, 4) is 0 Å². The van der Waals surface area contributed by atoms with Crippen LogP contribution in [0.5, 0.6) is 0 Å². The molecule has 0 unspecified atom stereocenters. The fourth-order valence-corrected chi connectivity index (χ4v) is 4.16. The number of likely N-dealkylation sites (tertiary alicyclic amines) is 1. The maximum absolute atomic E-state index is 8.80. The molecule has 3 aromatic heterocycles. The van der Waals surface area contributed by atoms with Gasteiger partial charge in [-0.1, -0.05) is 6.92 Å². The van der Waals surface area contributed by atoms with Crippen molar-refractivity contribution in [2.45, 2.75) is 57.3 Å². The third kappa shape index (κ3) is 3.59. The summed E-state index contributed by atoms with van der Waals surface area (Å²) >= 11 is 0. The minimum atomic E-state index is -0.102. The molecule has 4 heterocycles. The first-order chi connectivity index (χ1) is 14.2. The molecule has 0 aromatic carbocycles. The van der Waals surface area contributed by atoms with E-state index in [2.05, 4.69) is 33.4 Å². The Kier molecular flexibility index (Phi) is 4.69.